The van der Waals surface area contributed by atoms with Gasteiger partial charge in [-0.15, -0.1) is 0 Å². The van der Waals surface area contributed by atoms with Gasteiger partial charge >= 0.3 is 0 Å². The number of hydrogen-bond acceptors (Lipinski definition) is 3. The van der Waals surface area contributed by atoms with Crippen molar-refractivity contribution in [3.05, 3.63) is 47.5 Å². The lowest BCUT2D eigenvalue weighted by Gasteiger charge is -2.07. The summed E-state index contributed by atoms with van der Waals surface area (Å²) in [7, 11) is 1.27. The van der Waals surface area contributed by atoms with Crippen molar-refractivity contribution >= 4 is 17.2 Å². The molecule has 0 aliphatic carbocycles. The number of benzene rings is 1. The summed E-state index contributed by atoms with van der Waals surface area (Å²) in [5.41, 5.74) is 0.821. The zero-order valence-electron chi connectivity index (χ0n) is 10.3. The van der Waals surface area contributed by atoms with E-state index in [1.165, 1.54) is 31.6 Å². The number of fused-ring (bicyclic) bond motifs is 1. The van der Waals surface area contributed by atoms with Crippen molar-refractivity contribution in [2.24, 2.45) is 0 Å². The summed E-state index contributed by atoms with van der Waals surface area (Å²) in [4.78, 5) is 7.93. The Hall–Kier alpha value is -2.21. The lowest BCUT2D eigenvalue weighted by molar-refractivity contribution is 0.372. The largest absolute Gasteiger partial charge is 0.494 e. The zero-order valence-corrected chi connectivity index (χ0v) is 11.0. The van der Waals surface area contributed by atoms with Crippen LogP contribution in [0.3, 0.4) is 0 Å². The first-order valence-corrected chi connectivity index (χ1v) is 6.01. The Morgan fingerprint density at radius 1 is 1.20 bits per heavy atom. The van der Waals surface area contributed by atoms with E-state index < -0.39 is 11.6 Å². The van der Waals surface area contributed by atoms with Gasteiger partial charge < -0.3 is 4.74 Å². The average Bonchev–Trinajstić information content (AvgIpc) is 2.87. The summed E-state index contributed by atoms with van der Waals surface area (Å²) in [6.07, 6.45) is 4.44. The summed E-state index contributed by atoms with van der Waals surface area (Å²) in [5, 5.41) is 0.188. The number of halogens is 3. The van der Waals surface area contributed by atoms with E-state index in [4.69, 9.17) is 16.3 Å². The molecule has 0 unspecified atom stereocenters. The second-order valence-corrected chi connectivity index (χ2v) is 4.36. The summed E-state index contributed by atoms with van der Waals surface area (Å²) in [5.74, 6) is -2.20. The Morgan fingerprint density at radius 3 is 2.75 bits per heavy atom. The van der Waals surface area contributed by atoms with Gasteiger partial charge in [-0.3, -0.25) is 4.40 Å². The fourth-order valence-corrected chi connectivity index (χ4v) is 2.17. The third-order valence-corrected chi connectivity index (χ3v) is 3.19. The van der Waals surface area contributed by atoms with E-state index in [0.29, 0.717) is 11.3 Å². The van der Waals surface area contributed by atoms with Crippen LogP contribution in [0.1, 0.15) is 0 Å². The molecule has 0 spiro atoms. The Balaban J connectivity index is 2.27. The van der Waals surface area contributed by atoms with E-state index in [2.05, 4.69) is 9.97 Å². The molecule has 0 saturated carbocycles. The normalized spacial score (nSPS) is 11.0. The number of imidazole rings is 1. The molecule has 0 aliphatic heterocycles. The van der Waals surface area contributed by atoms with Gasteiger partial charge in [0, 0.05) is 18.0 Å². The van der Waals surface area contributed by atoms with Gasteiger partial charge in [0.25, 0.3) is 0 Å². The minimum Gasteiger partial charge on any atom is -0.494 e. The van der Waals surface area contributed by atoms with E-state index in [1.54, 1.807) is 10.6 Å². The van der Waals surface area contributed by atoms with Crippen LogP contribution < -0.4 is 4.74 Å². The molecule has 20 heavy (non-hydrogen) atoms. The Bertz CT molecular complexity index is 804. The molecule has 0 N–H and O–H groups in total. The van der Waals surface area contributed by atoms with Crippen LogP contribution >= 0.6 is 11.6 Å². The Labute approximate surface area is 117 Å². The average molecular weight is 296 g/mol. The topological polar surface area (TPSA) is 39.4 Å². The molecule has 2 heterocycles. The van der Waals surface area contributed by atoms with Crippen LogP contribution in [0.4, 0.5) is 8.78 Å². The maximum atomic E-state index is 14.1. The number of rotatable bonds is 2. The number of hydrogen-bond donors (Lipinski definition) is 0. The Morgan fingerprint density at radius 2 is 2.00 bits per heavy atom. The molecule has 0 saturated heterocycles. The standard InChI is InChI=1S/C13H8ClF2N3O/c1-20-9-3-2-7(10(15)11(9)16)8-6-18-13-12(14)17-4-5-19(8)13/h2-6H,1H3. The van der Waals surface area contributed by atoms with Gasteiger partial charge in [0.2, 0.25) is 5.82 Å². The molecule has 7 heteroatoms. The first kappa shape index (κ1) is 12.8. The van der Waals surface area contributed by atoms with Gasteiger partial charge in [0.05, 0.1) is 19.0 Å². The predicted molar refractivity (Wildman–Crippen MR) is 69.9 cm³/mol. The third-order valence-electron chi connectivity index (χ3n) is 2.93. The fraction of sp³-hybridized carbons (Fsp3) is 0.0769. The van der Waals surface area contributed by atoms with Crippen molar-refractivity contribution in [2.45, 2.75) is 0 Å². The number of ether oxygens (including phenoxy) is 1. The highest BCUT2D eigenvalue weighted by atomic mass is 35.5. The van der Waals surface area contributed by atoms with Crippen molar-refractivity contribution in [1.82, 2.24) is 14.4 Å². The van der Waals surface area contributed by atoms with Crippen LogP contribution in [-0.4, -0.2) is 21.5 Å². The number of aromatic nitrogens is 3. The summed E-state index contributed by atoms with van der Waals surface area (Å²) in [6, 6.07) is 2.78. The SMILES string of the molecule is COc1ccc(-c2cnc3c(Cl)nccn23)c(F)c1F. The lowest BCUT2D eigenvalue weighted by atomic mass is 10.1. The Kier molecular flexibility index (Phi) is 3.02. The molecule has 0 radical (unpaired) electrons. The van der Waals surface area contributed by atoms with Gasteiger partial charge in [0.15, 0.2) is 22.4 Å². The summed E-state index contributed by atoms with van der Waals surface area (Å²) < 4.78 is 34.1. The van der Waals surface area contributed by atoms with Gasteiger partial charge in [-0.05, 0) is 12.1 Å². The highest BCUT2D eigenvalue weighted by Crippen LogP contribution is 2.30. The van der Waals surface area contributed by atoms with Crippen LogP contribution in [-0.2, 0) is 0 Å². The van der Waals surface area contributed by atoms with Crippen molar-refractivity contribution in [3.63, 3.8) is 0 Å². The lowest BCUT2D eigenvalue weighted by Crippen LogP contribution is -1.97. The molecule has 0 amide bonds. The first-order chi connectivity index (χ1) is 9.63. The zero-order chi connectivity index (χ0) is 14.3. The molecule has 1 aromatic carbocycles. The first-order valence-electron chi connectivity index (χ1n) is 5.63. The smallest absolute Gasteiger partial charge is 0.201 e. The minimum absolute atomic E-state index is 0.0677. The molecule has 102 valence electrons. The predicted octanol–water partition coefficient (Wildman–Crippen LogP) is 3.34. The van der Waals surface area contributed by atoms with Gasteiger partial charge in [-0.25, -0.2) is 14.4 Å². The van der Waals surface area contributed by atoms with Crippen molar-refractivity contribution < 1.29 is 13.5 Å². The molecule has 0 bridgehead atoms. The van der Waals surface area contributed by atoms with Crippen molar-refractivity contribution in [1.29, 1.82) is 0 Å². The molecule has 4 nitrogen and oxygen atoms in total. The summed E-state index contributed by atoms with van der Waals surface area (Å²) >= 11 is 5.89. The van der Waals surface area contributed by atoms with Crippen molar-refractivity contribution in [2.75, 3.05) is 7.11 Å². The van der Waals surface area contributed by atoms with Crippen LogP contribution in [0, 0.1) is 11.6 Å². The van der Waals surface area contributed by atoms with Gasteiger partial charge in [-0.1, -0.05) is 11.6 Å². The van der Waals surface area contributed by atoms with E-state index >= 15 is 0 Å². The third kappa shape index (κ3) is 1.80. The van der Waals surface area contributed by atoms with E-state index in [0.717, 1.165) is 0 Å². The van der Waals surface area contributed by atoms with Crippen LogP contribution in [0.25, 0.3) is 16.9 Å². The quantitative estimate of drug-likeness (QED) is 0.728. The van der Waals surface area contributed by atoms with Crippen LogP contribution in [0.5, 0.6) is 5.75 Å². The van der Waals surface area contributed by atoms with Crippen LogP contribution in [0.15, 0.2) is 30.7 Å². The second-order valence-electron chi connectivity index (χ2n) is 4.00. The van der Waals surface area contributed by atoms with E-state index in [-0.39, 0.29) is 16.5 Å². The molecule has 2 aromatic heterocycles. The second kappa shape index (κ2) is 4.72. The van der Waals surface area contributed by atoms with Gasteiger partial charge in [-0.2, -0.15) is 4.39 Å². The minimum atomic E-state index is -1.04. The molecular formula is C13H8ClF2N3O. The maximum absolute atomic E-state index is 14.1. The molecular weight excluding hydrogens is 288 g/mol. The number of methoxy groups -OCH3 is 1. The molecule has 3 aromatic rings. The van der Waals surface area contributed by atoms with Crippen molar-refractivity contribution in [3.8, 4) is 17.0 Å². The van der Waals surface area contributed by atoms with E-state index in [9.17, 15) is 8.78 Å². The number of nitrogens with zero attached hydrogens (tertiary/aromatic N) is 3. The van der Waals surface area contributed by atoms with Crippen LogP contribution in [0.2, 0.25) is 5.15 Å². The molecule has 3 rings (SSSR count). The molecule has 0 aliphatic rings. The van der Waals surface area contributed by atoms with E-state index in [1.807, 2.05) is 0 Å². The highest BCUT2D eigenvalue weighted by Gasteiger charge is 2.18. The molecule has 0 atom stereocenters. The summed E-state index contributed by atoms with van der Waals surface area (Å²) in [6.45, 7) is 0. The monoisotopic (exact) mass is 295 g/mol. The highest BCUT2D eigenvalue weighted by molar-refractivity contribution is 6.32. The van der Waals surface area contributed by atoms with Gasteiger partial charge in [0.1, 0.15) is 0 Å². The maximum Gasteiger partial charge on any atom is 0.201 e. The fourth-order valence-electron chi connectivity index (χ4n) is 1.97. The molecule has 0 fully saturated rings.